The molecule has 4 rings (SSSR count). The van der Waals surface area contributed by atoms with Gasteiger partial charge in [0, 0.05) is 12.5 Å². The van der Waals surface area contributed by atoms with Crippen LogP contribution in [0, 0.1) is 34.0 Å². The summed E-state index contributed by atoms with van der Waals surface area (Å²) in [6.45, 7) is 8.50. The summed E-state index contributed by atoms with van der Waals surface area (Å²) in [5, 5.41) is 31.7. The average molecular weight is 334 g/mol. The molecule has 4 aliphatic rings. The minimum atomic E-state index is -0.800. The highest BCUT2D eigenvalue weighted by Gasteiger charge is 2.72. The number of Topliss-reactive ketones (excluding diaryl/α,β-unsaturated/α-hetero) is 1. The molecule has 1 spiro atoms. The molecule has 0 radical (unpaired) electrons. The zero-order valence-corrected chi connectivity index (χ0v) is 14.8. The van der Waals surface area contributed by atoms with Crippen LogP contribution < -0.4 is 0 Å². The van der Waals surface area contributed by atoms with Gasteiger partial charge in [-0.2, -0.15) is 0 Å². The van der Waals surface area contributed by atoms with E-state index in [4.69, 9.17) is 0 Å². The predicted octanol–water partition coefficient (Wildman–Crippen LogP) is 2.07. The highest BCUT2D eigenvalue weighted by Crippen LogP contribution is 2.70. The van der Waals surface area contributed by atoms with E-state index in [9.17, 15) is 20.1 Å². The van der Waals surface area contributed by atoms with Crippen LogP contribution in [0.4, 0.5) is 0 Å². The van der Waals surface area contributed by atoms with Crippen molar-refractivity contribution in [2.45, 2.75) is 64.6 Å². The number of hydrogen-bond acceptors (Lipinski definition) is 4. The molecule has 0 saturated heterocycles. The third-order valence-electron chi connectivity index (χ3n) is 8.60. The van der Waals surface area contributed by atoms with Crippen LogP contribution in [0.15, 0.2) is 12.2 Å². The van der Waals surface area contributed by atoms with E-state index in [1.807, 2.05) is 0 Å². The lowest BCUT2D eigenvalue weighted by Crippen LogP contribution is -2.63. The predicted molar refractivity (Wildman–Crippen MR) is 90.1 cm³/mol. The van der Waals surface area contributed by atoms with Gasteiger partial charge in [0.2, 0.25) is 0 Å². The van der Waals surface area contributed by atoms with Crippen molar-refractivity contribution in [2.75, 3.05) is 6.61 Å². The molecule has 0 heterocycles. The number of aliphatic hydroxyl groups excluding tert-OH is 3. The average Bonchev–Trinajstić information content (AvgIpc) is 2.66. The largest absolute Gasteiger partial charge is 0.396 e. The third-order valence-corrected chi connectivity index (χ3v) is 8.60. The zero-order chi connectivity index (χ0) is 17.5. The topological polar surface area (TPSA) is 77.8 Å². The first-order valence-electron chi connectivity index (χ1n) is 9.43. The Bertz CT molecular complexity index is 600. The molecule has 0 unspecified atom stereocenters. The van der Waals surface area contributed by atoms with Gasteiger partial charge in [-0.3, -0.25) is 4.79 Å². The second kappa shape index (κ2) is 4.93. The molecule has 24 heavy (non-hydrogen) atoms. The molecule has 0 amide bonds. The van der Waals surface area contributed by atoms with Gasteiger partial charge in [-0.05, 0) is 60.3 Å². The fourth-order valence-corrected chi connectivity index (χ4v) is 7.48. The fraction of sp³-hybridized carbons (Fsp3) is 0.850. The van der Waals surface area contributed by atoms with Gasteiger partial charge >= 0.3 is 0 Å². The number of carbonyl (C=O) groups excluding carboxylic acids is 1. The van der Waals surface area contributed by atoms with E-state index in [1.54, 1.807) is 0 Å². The van der Waals surface area contributed by atoms with Crippen LogP contribution in [0.2, 0.25) is 0 Å². The molecule has 0 aliphatic heterocycles. The Kier molecular flexibility index (Phi) is 3.44. The second-order valence-corrected chi connectivity index (χ2v) is 9.48. The van der Waals surface area contributed by atoms with Crippen LogP contribution in [0.3, 0.4) is 0 Å². The van der Waals surface area contributed by atoms with Crippen LogP contribution in [-0.4, -0.2) is 39.9 Å². The molecule has 134 valence electrons. The molecule has 2 bridgehead atoms. The van der Waals surface area contributed by atoms with E-state index in [0.29, 0.717) is 24.3 Å². The van der Waals surface area contributed by atoms with Crippen LogP contribution in [0.25, 0.3) is 0 Å². The molecule has 0 aromatic heterocycles. The molecule has 4 heteroatoms. The van der Waals surface area contributed by atoms with Crippen LogP contribution in [0.5, 0.6) is 0 Å². The lowest BCUT2D eigenvalue weighted by molar-refractivity contribution is -0.207. The Balaban J connectivity index is 1.84. The van der Waals surface area contributed by atoms with Gasteiger partial charge < -0.3 is 15.3 Å². The van der Waals surface area contributed by atoms with Gasteiger partial charge in [0.05, 0.1) is 17.6 Å². The Morgan fingerprint density at radius 3 is 2.54 bits per heavy atom. The van der Waals surface area contributed by atoms with Gasteiger partial charge in [0.1, 0.15) is 0 Å². The van der Waals surface area contributed by atoms with Crippen molar-refractivity contribution in [2.24, 2.45) is 34.0 Å². The molecule has 3 N–H and O–H groups in total. The highest BCUT2D eigenvalue weighted by atomic mass is 16.3. The molecule has 4 saturated carbocycles. The van der Waals surface area contributed by atoms with Crippen molar-refractivity contribution >= 4 is 5.78 Å². The lowest BCUT2D eigenvalue weighted by Gasteiger charge is -2.64. The fourth-order valence-electron chi connectivity index (χ4n) is 7.48. The van der Waals surface area contributed by atoms with Gasteiger partial charge in [-0.15, -0.1) is 0 Å². The number of aliphatic hydroxyl groups is 3. The molecule has 8 atom stereocenters. The number of fused-ring (bicyclic) bond motifs is 3. The van der Waals surface area contributed by atoms with E-state index in [2.05, 4.69) is 20.4 Å². The molecule has 4 nitrogen and oxygen atoms in total. The normalized spacial score (nSPS) is 56.8. The maximum atomic E-state index is 13.1. The minimum Gasteiger partial charge on any atom is -0.396 e. The summed E-state index contributed by atoms with van der Waals surface area (Å²) in [4.78, 5) is 13.1. The minimum absolute atomic E-state index is 0.00231. The maximum Gasteiger partial charge on any atom is 0.167 e. The summed E-state index contributed by atoms with van der Waals surface area (Å²) >= 11 is 0. The summed E-state index contributed by atoms with van der Waals surface area (Å²) in [5.41, 5.74) is -0.568. The lowest BCUT2D eigenvalue weighted by atomic mass is 9.40. The summed E-state index contributed by atoms with van der Waals surface area (Å²) in [6.07, 6.45) is 3.66. The Hall–Kier alpha value is -0.710. The summed E-state index contributed by atoms with van der Waals surface area (Å²) in [6, 6.07) is 0. The number of ketones is 1. The Labute approximate surface area is 144 Å². The summed E-state index contributed by atoms with van der Waals surface area (Å²) in [5.74, 6) is -0.181. The van der Waals surface area contributed by atoms with Crippen molar-refractivity contribution in [3.8, 4) is 0 Å². The van der Waals surface area contributed by atoms with E-state index in [1.165, 1.54) is 0 Å². The smallest absolute Gasteiger partial charge is 0.167 e. The molecule has 4 aliphatic carbocycles. The van der Waals surface area contributed by atoms with E-state index in [0.717, 1.165) is 25.7 Å². The monoisotopic (exact) mass is 334 g/mol. The first-order chi connectivity index (χ1) is 11.2. The van der Waals surface area contributed by atoms with E-state index >= 15 is 0 Å². The van der Waals surface area contributed by atoms with E-state index < -0.39 is 23.5 Å². The van der Waals surface area contributed by atoms with Crippen molar-refractivity contribution in [3.05, 3.63) is 12.2 Å². The van der Waals surface area contributed by atoms with Crippen molar-refractivity contribution in [3.63, 3.8) is 0 Å². The maximum absolute atomic E-state index is 13.1. The number of carbonyl (C=O) groups is 1. The van der Waals surface area contributed by atoms with Gasteiger partial charge in [-0.25, -0.2) is 0 Å². The van der Waals surface area contributed by atoms with Gasteiger partial charge in [0.15, 0.2) is 5.78 Å². The van der Waals surface area contributed by atoms with Crippen molar-refractivity contribution in [1.82, 2.24) is 0 Å². The van der Waals surface area contributed by atoms with E-state index in [-0.39, 0.29) is 29.1 Å². The highest BCUT2D eigenvalue weighted by molar-refractivity contribution is 6.04. The molecular formula is C20H30O4. The van der Waals surface area contributed by atoms with Gasteiger partial charge in [0.25, 0.3) is 0 Å². The molecule has 0 aromatic rings. The summed E-state index contributed by atoms with van der Waals surface area (Å²) in [7, 11) is 0. The SMILES string of the molecule is C=C1C(=O)[C@@]23CC[C@@H]4[C@@](C)(CO)CCC[C@@]4(C)[C@@H]2C[C@H](O)[C@@H]1[C@H]3O. The Morgan fingerprint density at radius 2 is 1.88 bits per heavy atom. The quantitative estimate of drug-likeness (QED) is 0.642. The van der Waals surface area contributed by atoms with Crippen molar-refractivity contribution in [1.29, 1.82) is 0 Å². The Morgan fingerprint density at radius 1 is 1.17 bits per heavy atom. The van der Waals surface area contributed by atoms with Gasteiger partial charge in [-0.1, -0.05) is 26.8 Å². The standard InChI is InChI=1S/C20H30O4/c1-11-15-12(22)9-14-19(3)7-4-6-18(2,10-21)13(19)5-8-20(14,16(11)23)17(15)24/h12-15,17,21-22,24H,1,4-10H2,2-3H3/t12-,13+,14-,15+,17+,18+,19+,20+/m0/s1. The molecular weight excluding hydrogens is 304 g/mol. The van der Waals surface area contributed by atoms with Crippen LogP contribution >= 0.6 is 0 Å². The van der Waals surface area contributed by atoms with Crippen LogP contribution in [-0.2, 0) is 4.79 Å². The summed E-state index contributed by atoms with van der Waals surface area (Å²) < 4.78 is 0. The van der Waals surface area contributed by atoms with Crippen LogP contribution in [0.1, 0.15) is 52.4 Å². The molecule has 4 fully saturated rings. The number of hydrogen-bond donors (Lipinski definition) is 3. The zero-order valence-electron chi connectivity index (χ0n) is 14.8. The number of rotatable bonds is 1. The molecule has 0 aromatic carbocycles. The second-order valence-electron chi connectivity index (χ2n) is 9.48. The first kappa shape index (κ1) is 16.7. The third kappa shape index (κ3) is 1.68. The first-order valence-corrected chi connectivity index (χ1v) is 9.43. The van der Waals surface area contributed by atoms with Crippen molar-refractivity contribution < 1.29 is 20.1 Å².